The molecule has 1 aromatic carbocycles. The highest BCUT2D eigenvalue weighted by Gasteiger charge is 2.25. The van der Waals surface area contributed by atoms with Crippen molar-refractivity contribution < 1.29 is 14.6 Å². The topological polar surface area (TPSA) is 53.0 Å². The van der Waals surface area contributed by atoms with Crippen LogP contribution in [-0.2, 0) is 9.53 Å². The number of hydrogen-bond donors (Lipinski definition) is 1. The van der Waals surface area contributed by atoms with Crippen LogP contribution in [0.5, 0.6) is 0 Å². The summed E-state index contributed by atoms with van der Waals surface area (Å²) in [5.41, 5.74) is 2.81. The molecule has 214 valence electrons. The van der Waals surface area contributed by atoms with Gasteiger partial charge in [0, 0.05) is 42.5 Å². The number of terminal acetylenes is 1. The number of aliphatic hydroxyl groups excluding tert-OH is 1. The van der Waals surface area contributed by atoms with Gasteiger partial charge in [-0.15, -0.1) is 12.8 Å². The van der Waals surface area contributed by atoms with Crippen LogP contribution in [0.1, 0.15) is 72.3 Å². The zero-order chi connectivity index (χ0) is 29.2. The van der Waals surface area contributed by atoms with E-state index in [1.54, 1.807) is 7.11 Å². The van der Waals surface area contributed by atoms with Crippen molar-refractivity contribution >= 4 is 27.4 Å². The van der Waals surface area contributed by atoms with Crippen molar-refractivity contribution in [2.45, 2.75) is 66.7 Å². The number of hydrogen-bond acceptors (Lipinski definition) is 4. The third kappa shape index (κ3) is 17.4. The number of benzene rings is 1. The summed E-state index contributed by atoms with van der Waals surface area (Å²) in [4.78, 5) is 16.6. The number of amides is 1. The van der Waals surface area contributed by atoms with E-state index < -0.39 is 0 Å². The molecule has 0 bridgehead atoms. The second-order valence-electron chi connectivity index (χ2n) is 8.59. The van der Waals surface area contributed by atoms with Gasteiger partial charge >= 0.3 is 0 Å². The monoisotopic (exact) mass is 590 g/mol. The first kappa shape index (κ1) is 38.0. The van der Waals surface area contributed by atoms with Gasteiger partial charge in [-0.3, -0.25) is 4.79 Å². The first-order valence-electron chi connectivity index (χ1n) is 13.6. The number of allylic oxidation sites excluding steroid dienone is 3. The Balaban J connectivity index is 0. The number of nitrogens with zero attached hydrogens (tertiary/aromatic N) is 2. The summed E-state index contributed by atoms with van der Waals surface area (Å²) in [5, 5.41) is 8.68. The van der Waals surface area contributed by atoms with Crippen molar-refractivity contribution in [3.05, 3.63) is 64.3 Å². The summed E-state index contributed by atoms with van der Waals surface area (Å²) in [5.74, 6) is 0.0968. The molecule has 0 radical (unpaired) electrons. The summed E-state index contributed by atoms with van der Waals surface area (Å²) in [6.07, 6.45) is 21.6. The predicted molar refractivity (Wildman–Crippen MR) is 168 cm³/mol. The molecule has 2 rings (SSSR count). The molecule has 0 atom stereocenters. The number of aliphatic hydroxyl groups is 1. The average molecular weight is 592 g/mol. The minimum absolute atomic E-state index is 0.0968. The van der Waals surface area contributed by atoms with Crippen molar-refractivity contribution in [3.8, 4) is 12.8 Å². The van der Waals surface area contributed by atoms with E-state index in [2.05, 4.69) is 60.5 Å². The predicted octanol–water partition coefficient (Wildman–Crippen LogP) is 7.33. The minimum atomic E-state index is 0.0968. The number of unbranched alkanes of at least 4 members (excludes halogenated alkanes) is 1. The van der Waals surface area contributed by atoms with Gasteiger partial charge in [-0.1, -0.05) is 79.6 Å². The first-order chi connectivity index (χ1) is 18.4. The lowest BCUT2D eigenvalue weighted by Crippen LogP contribution is -2.27. The molecule has 1 heterocycles. The van der Waals surface area contributed by atoms with Crippen LogP contribution in [0, 0.1) is 12.8 Å². The van der Waals surface area contributed by atoms with Gasteiger partial charge in [0.25, 0.3) is 5.91 Å². The Morgan fingerprint density at radius 3 is 2.21 bits per heavy atom. The van der Waals surface area contributed by atoms with E-state index in [0.717, 1.165) is 47.3 Å². The Hall–Kier alpha value is -2.17. The van der Waals surface area contributed by atoms with Crippen molar-refractivity contribution in [1.29, 1.82) is 0 Å². The van der Waals surface area contributed by atoms with E-state index in [1.807, 2.05) is 61.2 Å². The maximum Gasteiger partial charge on any atom is 0.258 e. The number of carbonyl (C=O) groups excluding carboxylic acids is 1. The molecule has 38 heavy (non-hydrogen) atoms. The van der Waals surface area contributed by atoms with Gasteiger partial charge in [-0.25, -0.2) is 0 Å². The van der Waals surface area contributed by atoms with Crippen LogP contribution in [0.4, 0.5) is 0 Å². The van der Waals surface area contributed by atoms with E-state index in [9.17, 15) is 4.79 Å². The van der Waals surface area contributed by atoms with Crippen LogP contribution in [0.25, 0.3) is 5.57 Å². The first-order valence-corrected chi connectivity index (χ1v) is 14.4. The molecule has 1 aliphatic heterocycles. The SMILES string of the molecule is C#C.C/C=C\COC.CC/C=C(\C)N1CC=C(c2ccc(Br)cc2)C1=O.CCCCN(CCC)CCCO. The normalized spacial score (nSPS) is 12.8. The smallest absolute Gasteiger partial charge is 0.258 e. The zero-order valence-corrected chi connectivity index (χ0v) is 26.2. The lowest BCUT2D eigenvalue weighted by Gasteiger charge is -2.20. The summed E-state index contributed by atoms with van der Waals surface area (Å²) in [7, 11) is 1.68. The summed E-state index contributed by atoms with van der Waals surface area (Å²) in [6.45, 7) is 15.6. The Morgan fingerprint density at radius 2 is 1.74 bits per heavy atom. The molecule has 0 aliphatic carbocycles. The highest BCUT2D eigenvalue weighted by Crippen LogP contribution is 2.26. The Morgan fingerprint density at radius 1 is 1.11 bits per heavy atom. The Bertz CT molecular complexity index is 821. The molecule has 0 saturated heterocycles. The standard InChI is InChI=1S/C15H16BrNO.C10H23NO.C5H10O.C2H2/c1-3-4-11(2)17-10-9-14(15(17)18)12-5-7-13(16)8-6-12;1-3-5-8-11(7-4-2)9-6-10-12;1-3-4-5-6-2;1-2/h4-9H,3,10H2,1-2H3;12H,3-10H2,1-2H3;3-4H,5H2,1-2H3;1-2H/b11-4+;;4-3-;. The fourth-order valence-electron chi connectivity index (χ4n) is 3.60. The summed E-state index contributed by atoms with van der Waals surface area (Å²) in [6, 6.07) is 7.86. The Kier molecular flexibility index (Phi) is 26.4. The highest BCUT2D eigenvalue weighted by molar-refractivity contribution is 9.10. The van der Waals surface area contributed by atoms with Crippen LogP contribution < -0.4 is 0 Å². The lowest BCUT2D eigenvalue weighted by atomic mass is 10.1. The minimum Gasteiger partial charge on any atom is -0.396 e. The number of carbonyl (C=O) groups is 1. The Labute approximate surface area is 241 Å². The lowest BCUT2D eigenvalue weighted by molar-refractivity contribution is -0.122. The summed E-state index contributed by atoms with van der Waals surface area (Å²) >= 11 is 3.40. The molecule has 1 amide bonds. The van der Waals surface area contributed by atoms with E-state index in [4.69, 9.17) is 9.84 Å². The molecule has 0 unspecified atom stereocenters. The maximum atomic E-state index is 12.3. The second-order valence-corrected chi connectivity index (χ2v) is 9.51. The fourth-order valence-corrected chi connectivity index (χ4v) is 3.86. The van der Waals surface area contributed by atoms with E-state index in [0.29, 0.717) is 13.2 Å². The number of rotatable bonds is 13. The van der Waals surface area contributed by atoms with Gasteiger partial charge in [0.15, 0.2) is 0 Å². The van der Waals surface area contributed by atoms with Crippen molar-refractivity contribution in [1.82, 2.24) is 9.80 Å². The number of ether oxygens (including phenoxy) is 1. The van der Waals surface area contributed by atoms with Gasteiger partial charge < -0.3 is 19.6 Å². The van der Waals surface area contributed by atoms with Gasteiger partial charge in [-0.2, -0.15) is 0 Å². The molecule has 1 aliphatic rings. The fraction of sp³-hybridized carbons (Fsp3) is 0.531. The van der Waals surface area contributed by atoms with Crippen LogP contribution in [0.3, 0.4) is 0 Å². The molecular weight excluding hydrogens is 540 g/mol. The average Bonchev–Trinajstić information content (AvgIpc) is 3.32. The third-order valence-corrected chi connectivity index (χ3v) is 6.06. The number of methoxy groups -OCH3 is 1. The van der Waals surface area contributed by atoms with Crippen LogP contribution in [0.2, 0.25) is 0 Å². The molecular formula is C32H51BrN2O3. The largest absolute Gasteiger partial charge is 0.396 e. The molecule has 0 aromatic heterocycles. The van der Waals surface area contributed by atoms with Gasteiger partial charge in [0.2, 0.25) is 0 Å². The van der Waals surface area contributed by atoms with Crippen LogP contribution >= 0.6 is 15.9 Å². The quantitative estimate of drug-likeness (QED) is 0.193. The highest BCUT2D eigenvalue weighted by atomic mass is 79.9. The number of halogens is 1. The zero-order valence-electron chi connectivity index (χ0n) is 24.6. The molecule has 1 N–H and O–H groups in total. The van der Waals surface area contributed by atoms with Crippen LogP contribution in [0.15, 0.2) is 58.7 Å². The summed E-state index contributed by atoms with van der Waals surface area (Å²) < 4.78 is 5.72. The second kappa shape index (κ2) is 26.4. The molecule has 1 aromatic rings. The van der Waals surface area contributed by atoms with E-state index in [1.165, 1.54) is 32.4 Å². The van der Waals surface area contributed by atoms with E-state index in [-0.39, 0.29) is 5.91 Å². The molecule has 0 spiro atoms. The maximum absolute atomic E-state index is 12.3. The van der Waals surface area contributed by atoms with Gasteiger partial charge in [0.1, 0.15) is 0 Å². The van der Waals surface area contributed by atoms with Crippen LogP contribution in [-0.4, -0.2) is 67.3 Å². The molecule has 0 fully saturated rings. The molecule has 6 heteroatoms. The third-order valence-electron chi connectivity index (χ3n) is 5.53. The molecule has 5 nitrogen and oxygen atoms in total. The van der Waals surface area contributed by atoms with E-state index >= 15 is 0 Å². The van der Waals surface area contributed by atoms with Gasteiger partial charge in [-0.05, 0) is 70.3 Å². The molecule has 0 saturated carbocycles. The van der Waals surface area contributed by atoms with Crippen molar-refractivity contribution in [3.63, 3.8) is 0 Å². The van der Waals surface area contributed by atoms with Gasteiger partial charge in [0.05, 0.1) is 6.61 Å². The van der Waals surface area contributed by atoms with Crippen molar-refractivity contribution in [2.75, 3.05) is 46.5 Å². The van der Waals surface area contributed by atoms with Crippen molar-refractivity contribution in [2.24, 2.45) is 0 Å².